The minimum atomic E-state index is 0.0775. The van der Waals surface area contributed by atoms with Crippen molar-refractivity contribution in [1.82, 2.24) is 10.2 Å². The maximum absolute atomic E-state index is 3.82. The van der Waals surface area contributed by atoms with Crippen molar-refractivity contribution in [3.63, 3.8) is 0 Å². The molecule has 0 amide bonds. The van der Waals surface area contributed by atoms with Crippen LogP contribution in [0.2, 0.25) is 0 Å². The molecule has 1 heterocycles. The second-order valence-electron chi connectivity index (χ2n) is 6.75. The Labute approximate surface area is 129 Å². The average Bonchev–Trinajstić information content (AvgIpc) is 2.56. The number of piperazine rings is 1. The van der Waals surface area contributed by atoms with Crippen LogP contribution >= 0.6 is 0 Å². The molecule has 2 nitrogen and oxygen atoms in total. The zero-order valence-electron chi connectivity index (χ0n) is 13.4. The van der Waals surface area contributed by atoms with Crippen LogP contribution in [0.5, 0.6) is 0 Å². The highest BCUT2D eigenvalue weighted by molar-refractivity contribution is 5.25. The number of rotatable bonds is 3. The van der Waals surface area contributed by atoms with Crippen LogP contribution in [0, 0.1) is 0 Å². The molecule has 2 aliphatic rings. The van der Waals surface area contributed by atoms with Crippen LogP contribution in [0.3, 0.4) is 0 Å². The first-order valence-corrected chi connectivity index (χ1v) is 8.44. The topological polar surface area (TPSA) is 15.3 Å². The third-order valence-electron chi connectivity index (χ3n) is 5.29. The number of hydrogen-bond acceptors (Lipinski definition) is 2. The quantitative estimate of drug-likeness (QED) is 0.852. The molecule has 3 rings (SSSR count). The van der Waals surface area contributed by atoms with Crippen molar-refractivity contribution in [2.24, 2.45) is 0 Å². The summed E-state index contributed by atoms with van der Waals surface area (Å²) in [6.45, 7) is 6.90. The summed E-state index contributed by atoms with van der Waals surface area (Å²) >= 11 is 0. The van der Waals surface area contributed by atoms with E-state index in [0.29, 0.717) is 6.04 Å². The molecule has 3 unspecified atom stereocenters. The molecular formula is C19H28N2. The molecule has 0 spiro atoms. The largest absolute Gasteiger partial charge is 0.305 e. The third-order valence-corrected chi connectivity index (χ3v) is 5.29. The van der Waals surface area contributed by atoms with Crippen molar-refractivity contribution < 1.29 is 0 Å². The number of nitrogens with zero attached hydrogens (tertiary/aromatic N) is 1. The van der Waals surface area contributed by atoms with Gasteiger partial charge >= 0.3 is 0 Å². The summed E-state index contributed by atoms with van der Waals surface area (Å²) in [6, 6.07) is 12.3. The van der Waals surface area contributed by atoms with Crippen molar-refractivity contribution >= 4 is 0 Å². The summed E-state index contributed by atoms with van der Waals surface area (Å²) in [6.07, 6.45) is 9.74. The predicted octanol–water partition coefficient (Wildman–Crippen LogP) is 3.69. The zero-order chi connectivity index (χ0) is 14.7. The lowest BCUT2D eigenvalue weighted by atomic mass is 9.85. The Bertz CT molecular complexity index is 482. The van der Waals surface area contributed by atoms with Crippen molar-refractivity contribution in [2.75, 3.05) is 13.1 Å². The Kier molecular flexibility index (Phi) is 4.46. The molecule has 0 saturated carbocycles. The number of nitrogens with one attached hydrogen (secondary N) is 1. The van der Waals surface area contributed by atoms with E-state index < -0.39 is 0 Å². The minimum absolute atomic E-state index is 0.0775. The van der Waals surface area contributed by atoms with Gasteiger partial charge in [0.2, 0.25) is 0 Å². The van der Waals surface area contributed by atoms with Crippen LogP contribution in [0.4, 0.5) is 0 Å². The molecule has 0 bridgehead atoms. The first kappa shape index (κ1) is 14.8. The second-order valence-corrected chi connectivity index (χ2v) is 6.75. The summed E-state index contributed by atoms with van der Waals surface area (Å²) in [5.41, 5.74) is 1.49. The minimum Gasteiger partial charge on any atom is -0.305 e. The molecule has 21 heavy (non-hydrogen) atoms. The molecule has 1 aliphatic carbocycles. The van der Waals surface area contributed by atoms with Crippen molar-refractivity contribution in [1.29, 1.82) is 0 Å². The van der Waals surface area contributed by atoms with E-state index in [9.17, 15) is 0 Å². The molecule has 0 aromatic heterocycles. The van der Waals surface area contributed by atoms with Crippen LogP contribution < -0.4 is 5.32 Å². The van der Waals surface area contributed by atoms with E-state index in [0.717, 1.165) is 19.1 Å². The standard InChI is InChI=1S/C19H28N2/c1-3-17-14-20-19(2,16-10-6-4-7-11-16)15-21(17)18-12-8-5-9-13-18/h4-8,10-11,17-18,20H,3,9,12-15H2,1-2H3. The zero-order valence-corrected chi connectivity index (χ0v) is 13.4. The van der Waals surface area contributed by atoms with E-state index in [4.69, 9.17) is 0 Å². The highest BCUT2D eigenvalue weighted by atomic mass is 15.3. The van der Waals surface area contributed by atoms with Crippen molar-refractivity contribution in [2.45, 2.75) is 57.2 Å². The van der Waals surface area contributed by atoms with E-state index >= 15 is 0 Å². The Balaban J connectivity index is 1.82. The smallest absolute Gasteiger partial charge is 0.0535 e. The normalized spacial score (nSPS) is 34.0. The number of hydrogen-bond donors (Lipinski definition) is 1. The second kappa shape index (κ2) is 6.33. The van der Waals surface area contributed by atoms with Crippen molar-refractivity contribution in [3.8, 4) is 0 Å². The summed E-state index contributed by atoms with van der Waals surface area (Å²) < 4.78 is 0. The molecule has 2 heteroatoms. The van der Waals surface area contributed by atoms with Gasteiger partial charge in [0.25, 0.3) is 0 Å². The Hall–Kier alpha value is -1.12. The third kappa shape index (κ3) is 3.07. The molecule has 3 atom stereocenters. The molecule has 1 aliphatic heterocycles. The van der Waals surface area contributed by atoms with Gasteiger partial charge in [0.05, 0.1) is 5.54 Å². The molecule has 1 aromatic carbocycles. The number of benzene rings is 1. The van der Waals surface area contributed by atoms with E-state index in [1.54, 1.807) is 0 Å². The van der Waals surface area contributed by atoms with Gasteiger partial charge in [-0.15, -0.1) is 0 Å². The maximum Gasteiger partial charge on any atom is 0.0535 e. The van der Waals surface area contributed by atoms with Gasteiger partial charge in [-0.1, -0.05) is 49.4 Å². The Morgan fingerprint density at radius 2 is 2.05 bits per heavy atom. The molecule has 1 fully saturated rings. The van der Waals surface area contributed by atoms with Crippen molar-refractivity contribution in [3.05, 3.63) is 48.0 Å². The van der Waals surface area contributed by atoms with E-state index in [-0.39, 0.29) is 5.54 Å². The molecular weight excluding hydrogens is 256 g/mol. The van der Waals surface area contributed by atoms with Gasteiger partial charge in [-0.25, -0.2) is 0 Å². The van der Waals surface area contributed by atoms with E-state index in [2.05, 4.69) is 66.5 Å². The molecule has 0 radical (unpaired) electrons. The summed E-state index contributed by atoms with van der Waals surface area (Å²) in [5, 5.41) is 3.82. The van der Waals surface area contributed by atoms with Gasteiger partial charge in [-0.2, -0.15) is 0 Å². The molecule has 1 aromatic rings. The van der Waals surface area contributed by atoms with Crippen LogP contribution in [0.1, 0.15) is 45.1 Å². The van der Waals surface area contributed by atoms with Gasteiger partial charge in [0.1, 0.15) is 0 Å². The molecule has 114 valence electrons. The maximum atomic E-state index is 3.82. The first-order valence-electron chi connectivity index (χ1n) is 8.44. The molecule has 1 N–H and O–H groups in total. The molecule has 1 saturated heterocycles. The van der Waals surface area contributed by atoms with Gasteiger partial charge < -0.3 is 5.32 Å². The SMILES string of the molecule is CCC1CNC(C)(c2ccccc2)CN1C1CC=CCC1. The Morgan fingerprint density at radius 3 is 2.71 bits per heavy atom. The van der Waals surface area contributed by atoms with Gasteiger partial charge in [0.15, 0.2) is 0 Å². The van der Waals surface area contributed by atoms with Gasteiger partial charge in [0, 0.05) is 25.2 Å². The van der Waals surface area contributed by atoms with E-state index in [1.165, 1.54) is 31.2 Å². The lowest BCUT2D eigenvalue weighted by molar-refractivity contribution is 0.0402. The fourth-order valence-electron chi connectivity index (χ4n) is 3.89. The van der Waals surface area contributed by atoms with E-state index in [1.807, 2.05) is 0 Å². The lowest BCUT2D eigenvalue weighted by Gasteiger charge is -2.50. The van der Waals surface area contributed by atoms with Gasteiger partial charge in [-0.3, -0.25) is 4.90 Å². The van der Waals surface area contributed by atoms with Crippen LogP contribution in [0.25, 0.3) is 0 Å². The Morgan fingerprint density at radius 1 is 1.24 bits per heavy atom. The van der Waals surface area contributed by atoms with Gasteiger partial charge in [-0.05, 0) is 38.2 Å². The monoisotopic (exact) mass is 284 g/mol. The summed E-state index contributed by atoms with van der Waals surface area (Å²) in [4.78, 5) is 2.78. The summed E-state index contributed by atoms with van der Waals surface area (Å²) in [7, 11) is 0. The van der Waals surface area contributed by atoms with Crippen LogP contribution in [0.15, 0.2) is 42.5 Å². The number of allylic oxidation sites excluding steroid dienone is 1. The summed E-state index contributed by atoms with van der Waals surface area (Å²) in [5.74, 6) is 0. The predicted molar refractivity (Wildman–Crippen MR) is 89.4 cm³/mol. The lowest BCUT2D eigenvalue weighted by Crippen LogP contribution is -2.63. The fraction of sp³-hybridized carbons (Fsp3) is 0.579. The van der Waals surface area contributed by atoms with Crippen LogP contribution in [-0.2, 0) is 5.54 Å². The van der Waals surface area contributed by atoms with Crippen LogP contribution in [-0.4, -0.2) is 30.1 Å². The highest BCUT2D eigenvalue weighted by Crippen LogP contribution is 2.31. The first-order chi connectivity index (χ1) is 10.2. The fourth-order valence-corrected chi connectivity index (χ4v) is 3.89. The highest BCUT2D eigenvalue weighted by Gasteiger charge is 2.38. The average molecular weight is 284 g/mol.